The second-order valence-corrected chi connectivity index (χ2v) is 12.3. The summed E-state index contributed by atoms with van der Waals surface area (Å²) >= 11 is 0. The van der Waals surface area contributed by atoms with Gasteiger partial charge in [-0.25, -0.2) is 28.3 Å². The van der Waals surface area contributed by atoms with E-state index in [4.69, 9.17) is 9.88 Å². The molecule has 218 valence electrons. The van der Waals surface area contributed by atoms with E-state index in [1.54, 1.807) is 12.1 Å². The van der Waals surface area contributed by atoms with Crippen LogP contribution in [0.4, 0.5) is 0 Å². The number of rotatable bonds is 10. The molecule has 42 heavy (non-hydrogen) atoms. The first-order chi connectivity index (χ1) is 20.2. The van der Waals surface area contributed by atoms with E-state index in [-0.39, 0.29) is 17.8 Å². The van der Waals surface area contributed by atoms with E-state index >= 15 is 0 Å². The molecule has 2 atom stereocenters. The normalized spacial score (nSPS) is 18.2. The zero-order valence-corrected chi connectivity index (χ0v) is 24.6. The zero-order chi connectivity index (χ0) is 29.9. The Balaban J connectivity index is 1.62. The van der Waals surface area contributed by atoms with E-state index in [0.717, 1.165) is 18.4 Å². The smallest absolute Gasteiger partial charge is 0.338 e. The van der Waals surface area contributed by atoms with Gasteiger partial charge in [0.2, 0.25) is 0 Å². The average molecular weight is 586 g/mol. The molecule has 2 unspecified atom stereocenters. The molecule has 5 rings (SSSR count). The number of carbonyl (C=O) groups excluding carboxylic acids is 1. The van der Waals surface area contributed by atoms with Crippen molar-refractivity contribution in [3.05, 3.63) is 101 Å². The van der Waals surface area contributed by atoms with E-state index in [1.807, 2.05) is 80.6 Å². The Bertz CT molecular complexity index is 1740. The number of hydrogen-bond donors (Lipinski definition) is 2. The maximum atomic E-state index is 13.8. The van der Waals surface area contributed by atoms with E-state index in [0.29, 0.717) is 47.0 Å². The van der Waals surface area contributed by atoms with Gasteiger partial charge in [-0.15, -0.1) is 0 Å². The molecule has 2 heterocycles. The molecule has 0 saturated carbocycles. The first kappa shape index (κ1) is 29.4. The van der Waals surface area contributed by atoms with E-state index in [1.165, 1.54) is 0 Å². The van der Waals surface area contributed by atoms with Crippen LogP contribution in [0.25, 0.3) is 22.2 Å². The number of nitrogens with two attached hydrogens (primary N) is 1. The van der Waals surface area contributed by atoms with Crippen molar-refractivity contribution in [2.75, 3.05) is 0 Å². The van der Waals surface area contributed by atoms with Crippen molar-refractivity contribution in [3.63, 3.8) is 0 Å². The maximum absolute atomic E-state index is 13.8. The number of aliphatic hydroxyl groups is 1. The summed E-state index contributed by atoms with van der Waals surface area (Å²) in [6, 6.07) is 24.5. The number of aliphatic hydroxyl groups excluding tert-OH is 1. The summed E-state index contributed by atoms with van der Waals surface area (Å²) in [5.41, 5.74) is 2.68. The summed E-state index contributed by atoms with van der Waals surface area (Å²) in [4.78, 5) is 22.4. The van der Waals surface area contributed by atoms with Gasteiger partial charge in [-0.3, -0.25) is 0 Å². The van der Waals surface area contributed by atoms with Crippen LogP contribution in [0.2, 0.25) is 0 Å². The van der Waals surface area contributed by atoms with Crippen molar-refractivity contribution in [2.45, 2.75) is 69.0 Å². The molecule has 0 aliphatic carbocycles. The molecule has 8 nitrogen and oxygen atoms in total. The molecule has 9 heteroatoms. The molecule has 0 spiro atoms. The fourth-order valence-corrected chi connectivity index (χ4v) is 6.46. The molecule has 4 aromatic rings. The summed E-state index contributed by atoms with van der Waals surface area (Å²) in [5, 5.41) is 17.1. The summed E-state index contributed by atoms with van der Waals surface area (Å²) in [7, 11) is -4.19. The number of hydrogen-bond acceptors (Lipinski definition) is 7. The third kappa shape index (κ3) is 5.93. The molecule has 3 aromatic carbocycles. The highest BCUT2D eigenvalue weighted by molar-refractivity contribution is 7.89. The van der Waals surface area contributed by atoms with Gasteiger partial charge >= 0.3 is 5.97 Å². The van der Waals surface area contributed by atoms with Crippen LogP contribution < -0.4 is 5.14 Å². The Kier molecular flexibility index (Phi) is 8.43. The van der Waals surface area contributed by atoms with Crippen molar-refractivity contribution in [2.24, 2.45) is 5.14 Å². The molecular formula is C33H35N3O5S. The first-order valence-corrected chi connectivity index (χ1v) is 15.8. The minimum absolute atomic E-state index is 0.0277. The Morgan fingerprint density at radius 2 is 1.64 bits per heavy atom. The lowest BCUT2D eigenvalue weighted by Gasteiger charge is -2.39. The SMILES string of the molecule is CCCC1(CCc2ccccc2)CC(O)=C(C(CC)c2cccc3nc(S(N)(=O)=O)nc(-c4ccccc4)c23)C(=O)O1. The number of nitrogens with zero attached hydrogens (tertiary/aromatic N) is 2. The van der Waals surface area contributed by atoms with Crippen LogP contribution in [0.5, 0.6) is 0 Å². The molecule has 3 N–H and O–H groups in total. The summed E-state index contributed by atoms with van der Waals surface area (Å²) in [6.45, 7) is 3.97. The summed E-state index contributed by atoms with van der Waals surface area (Å²) in [5.74, 6) is -1.05. The van der Waals surface area contributed by atoms with Crippen molar-refractivity contribution in [1.82, 2.24) is 9.97 Å². The Hall–Kier alpha value is -4.08. The highest BCUT2D eigenvalue weighted by atomic mass is 32.2. The highest BCUT2D eigenvalue weighted by Crippen LogP contribution is 2.44. The first-order valence-electron chi connectivity index (χ1n) is 14.2. The zero-order valence-electron chi connectivity index (χ0n) is 23.8. The van der Waals surface area contributed by atoms with Crippen LogP contribution in [0, 0.1) is 0 Å². The fourth-order valence-electron chi connectivity index (χ4n) is 6.02. The van der Waals surface area contributed by atoms with E-state index in [2.05, 4.69) is 9.97 Å². The fraction of sp³-hybridized carbons (Fsp3) is 0.303. The molecule has 0 bridgehead atoms. The van der Waals surface area contributed by atoms with E-state index < -0.39 is 32.7 Å². The molecule has 1 aliphatic rings. The lowest BCUT2D eigenvalue weighted by Crippen LogP contribution is -2.41. The van der Waals surface area contributed by atoms with Gasteiger partial charge in [0.15, 0.2) is 0 Å². The number of cyclic esters (lactones) is 1. The largest absolute Gasteiger partial charge is 0.512 e. The average Bonchev–Trinajstić information content (AvgIpc) is 2.98. The van der Waals surface area contributed by atoms with Crippen molar-refractivity contribution in [1.29, 1.82) is 0 Å². The van der Waals surface area contributed by atoms with Crippen LogP contribution >= 0.6 is 0 Å². The number of carbonyl (C=O) groups is 1. The van der Waals surface area contributed by atoms with Crippen molar-refractivity contribution >= 4 is 26.9 Å². The quantitative estimate of drug-likeness (QED) is 0.163. The third-order valence-electron chi connectivity index (χ3n) is 7.92. The van der Waals surface area contributed by atoms with Gasteiger partial charge in [0.1, 0.15) is 11.4 Å². The van der Waals surface area contributed by atoms with Crippen LogP contribution in [-0.2, 0) is 26.0 Å². The second-order valence-electron chi connectivity index (χ2n) is 10.8. The van der Waals surface area contributed by atoms with Crippen molar-refractivity contribution < 1.29 is 23.1 Å². The van der Waals surface area contributed by atoms with Crippen LogP contribution in [0.1, 0.15) is 63.0 Å². The van der Waals surface area contributed by atoms with Gasteiger partial charge in [-0.1, -0.05) is 93.1 Å². The second kappa shape index (κ2) is 12.0. The third-order valence-corrected chi connectivity index (χ3v) is 8.61. The highest BCUT2D eigenvalue weighted by Gasteiger charge is 2.43. The van der Waals surface area contributed by atoms with E-state index in [9.17, 15) is 18.3 Å². The van der Waals surface area contributed by atoms with Gasteiger partial charge in [0.05, 0.1) is 16.8 Å². The van der Waals surface area contributed by atoms with Crippen LogP contribution in [0.15, 0.2) is 95.4 Å². The lowest BCUT2D eigenvalue weighted by molar-refractivity contribution is -0.161. The lowest BCUT2D eigenvalue weighted by atomic mass is 9.79. The Morgan fingerprint density at radius 3 is 2.26 bits per heavy atom. The minimum atomic E-state index is -4.19. The minimum Gasteiger partial charge on any atom is -0.512 e. The number of fused-ring (bicyclic) bond motifs is 1. The maximum Gasteiger partial charge on any atom is 0.338 e. The summed E-state index contributed by atoms with van der Waals surface area (Å²) < 4.78 is 30.8. The van der Waals surface area contributed by atoms with Gasteiger partial charge < -0.3 is 9.84 Å². The van der Waals surface area contributed by atoms with Crippen molar-refractivity contribution in [3.8, 4) is 11.3 Å². The molecule has 0 radical (unpaired) electrons. The monoisotopic (exact) mass is 585 g/mol. The predicted molar refractivity (Wildman–Crippen MR) is 162 cm³/mol. The number of aromatic nitrogens is 2. The molecular weight excluding hydrogens is 550 g/mol. The number of sulfonamides is 1. The molecule has 0 fully saturated rings. The Morgan fingerprint density at radius 1 is 0.952 bits per heavy atom. The van der Waals surface area contributed by atoms with Gasteiger partial charge in [0.25, 0.3) is 15.2 Å². The topological polar surface area (TPSA) is 132 Å². The Labute approximate surface area is 246 Å². The predicted octanol–water partition coefficient (Wildman–Crippen LogP) is 6.37. The van der Waals surface area contributed by atoms with Crippen LogP contribution in [0.3, 0.4) is 0 Å². The number of ether oxygens (including phenoxy) is 1. The standard InChI is InChI=1S/C33H35N3O5S/c1-3-19-33(20-18-22-12-7-5-8-13-22)21-27(37)29(31(38)41-33)24(4-2)25-16-11-17-26-28(25)30(23-14-9-6-10-15-23)36-32(35-26)42(34,39)40/h5-17,24,37H,3-4,18-21H2,1-2H3,(H2,34,39,40). The number of benzene rings is 3. The number of aryl methyl sites for hydroxylation is 1. The van der Waals surface area contributed by atoms with Gasteiger partial charge in [0, 0.05) is 23.3 Å². The molecule has 0 saturated heterocycles. The van der Waals surface area contributed by atoms with Gasteiger partial charge in [-0.2, -0.15) is 0 Å². The molecule has 1 aromatic heterocycles. The number of primary sulfonamides is 1. The van der Waals surface area contributed by atoms with Crippen LogP contribution in [-0.4, -0.2) is 35.1 Å². The summed E-state index contributed by atoms with van der Waals surface area (Å²) in [6.07, 6.45) is 3.46. The molecule has 0 amide bonds. The number of esters is 1. The molecule has 1 aliphatic heterocycles. The van der Waals surface area contributed by atoms with Gasteiger partial charge in [-0.05, 0) is 42.9 Å².